The van der Waals surface area contributed by atoms with Crippen molar-refractivity contribution in [3.05, 3.63) is 78.8 Å². The quantitative estimate of drug-likeness (QED) is 0.538. The van der Waals surface area contributed by atoms with Gasteiger partial charge in [-0.15, -0.1) is 0 Å². The second-order valence-electron chi connectivity index (χ2n) is 5.14. The van der Waals surface area contributed by atoms with Crippen molar-refractivity contribution in [3.8, 4) is 17.0 Å². The van der Waals surface area contributed by atoms with E-state index in [9.17, 15) is 4.79 Å². The van der Waals surface area contributed by atoms with Gasteiger partial charge in [0.15, 0.2) is 12.2 Å². The lowest BCUT2D eigenvalue weighted by Gasteiger charge is -2.02. The Hall–Kier alpha value is -3.01. The van der Waals surface area contributed by atoms with Gasteiger partial charge in [0.25, 0.3) is 6.33 Å². The van der Waals surface area contributed by atoms with Crippen molar-refractivity contribution in [2.45, 2.75) is 6.54 Å². The summed E-state index contributed by atoms with van der Waals surface area (Å²) in [5.41, 5.74) is 2.60. The number of hydrogen-bond acceptors (Lipinski definition) is 3. The number of ketones is 1. The Labute approximate surface area is 135 Å². The van der Waals surface area contributed by atoms with Crippen molar-refractivity contribution in [2.75, 3.05) is 7.11 Å². The van der Waals surface area contributed by atoms with Crippen molar-refractivity contribution >= 4 is 5.78 Å². The van der Waals surface area contributed by atoms with Crippen molar-refractivity contribution in [1.29, 1.82) is 0 Å². The fraction of sp³-hybridized carbons (Fsp3) is 0.105. The molecule has 0 saturated heterocycles. The summed E-state index contributed by atoms with van der Waals surface area (Å²) in [6.45, 7) is 0.258. The molecule has 0 spiro atoms. The van der Waals surface area contributed by atoms with Crippen LogP contribution in [0.5, 0.6) is 5.75 Å². The molecule has 114 valence electrons. The first kappa shape index (κ1) is 14.9. The predicted molar refractivity (Wildman–Crippen MR) is 87.2 cm³/mol. The monoisotopic (exact) mass is 305 g/mol. The predicted octanol–water partition coefficient (Wildman–Crippen LogP) is 2.93. The molecule has 2 aromatic carbocycles. The summed E-state index contributed by atoms with van der Waals surface area (Å²) in [5, 5.41) is 0. The van der Waals surface area contributed by atoms with E-state index >= 15 is 0 Å². The summed E-state index contributed by atoms with van der Waals surface area (Å²) in [7, 11) is 1.60. The van der Waals surface area contributed by atoms with E-state index in [1.807, 2.05) is 42.6 Å². The minimum absolute atomic E-state index is 0.0342. The van der Waals surface area contributed by atoms with E-state index in [2.05, 4.69) is 4.98 Å². The van der Waals surface area contributed by atoms with Crippen LogP contribution in [0.15, 0.2) is 73.2 Å². The van der Waals surface area contributed by atoms with E-state index in [1.165, 1.54) is 0 Å². The first-order valence-electron chi connectivity index (χ1n) is 7.34. The topological polar surface area (TPSA) is 43.1 Å². The molecule has 0 atom stereocenters. The number of rotatable bonds is 5. The van der Waals surface area contributed by atoms with Crippen LogP contribution in [-0.4, -0.2) is 17.9 Å². The van der Waals surface area contributed by atoms with Crippen molar-refractivity contribution in [3.63, 3.8) is 0 Å². The molecule has 0 bridgehead atoms. The summed E-state index contributed by atoms with van der Waals surface area (Å²) < 4.78 is 6.87. The normalized spacial score (nSPS) is 10.3. The van der Waals surface area contributed by atoms with Gasteiger partial charge in [-0.25, -0.2) is 4.57 Å². The number of Topliss-reactive ketones (excluding diaryl/α,β-unsaturated/α-hetero) is 1. The average Bonchev–Trinajstić information content (AvgIpc) is 2.63. The average molecular weight is 305 g/mol. The molecule has 0 N–H and O–H groups in total. The molecule has 0 radical (unpaired) electrons. The maximum absolute atomic E-state index is 12.3. The Kier molecular flexibility index (Phi) is 4.43. The van der Waals surface area contributed by atoms with Crippen LogP contribution in [0.1, 0.15) is 10.4 Å². The van der Waals surface area contributed by atoms with Crippen molar-refractivity contribution in [2.24, 2.45) is 0 Å². The van der Waals surface area contributed by atoms with Crippen molar-refractivity contribution in [1.82, 2.24) is 4.98 Å². The molecule has 1 heterocycles. The summed E-state index contributed by atoms with van der Waals surface area (Å²) in [5.74, 6) is 0.773. The lowest BCUT2D eigenvalue weighted by Crippen LogP contribution is -2.37. The zero-order valence-corrected chi connectivity index (χ0v) is 12.8. The summed E-state index contributed by atoms with van der Waals surface area (Å²) in [6, 6.07) is 19.0. The Morgan fingerprint density at radius 1 is 1.04 bits per heavy atom. The van der Waals surface area contributed by atoms with Gasteiger partial charge in [0.05, 0.1) is 13.3 Å². The molecule has 3 aromatic rings. The van der Waals surface area contributed by atoms with Crippen LogP contribution >= 0.6 is 0 Å². The Morgan fingerprint density at radius 3 is 2.39 bits per heavy atom. The van der Waals surface area contributed by atoms with Gasteiger partial charge in [-0.3, -0.25) is 4.79 Å². The number of ether oxygens (including phenoxy) is 1. The summed E-state index contributed by atoms with van der Waals surface area (Å²) >= 11 is 0. The van der Waals surface area contributed by atoms with Gasteiger partial charge < -0.3 is 4.74 Å². The van der Waals surface area contributed by atoms with Gasteiger partial charge in [0.1, 0.15) is 5.75 Å². The van der Waals surface area contributed by atoms with Gasteiger partial charge in [-0.05, 0) is 29.2 Å². The molecule has 23 heavy (non-hydrogen) atoms. The highest BCUT2D eigenvalue weighted by molar-refractivity contribution is 5.95. The van der Waals surface area contributed by atoms with E-state index in [0.29, 0.717) is 5.56 Å². The molecule has 0 aliphatic rings. The van der Waals surface area contributed by atoms with Crippen LogP contribution in [0.4, 0.5) is 0 Å². The van der Waals surface area contributed by atoms with E-state index in [-0.39, 0.29) is 12.3 Å². The molecule has 0 aliphatic heterocycles. The van der Waals surface area contributed by atoms with Gasteiger partial charge >= 0.3 is 0 Å². The molecule has 4 nitrogen and oxygen atoms in total. The minimum atomic E-state index is 0.0342. The van der Waals surface area contributed by atoms with Crippen LogP contribution in [0, 0.1) is 0 Å². The van der Waals surface area contributed by atoms with E-state index in [1.54, 1.807) is 42.3 Å². The van der Waals surface area contributed by atoms with Crippen LogP contribution < -0.4 is 9.30 Å². The molecule has 0 unspecified atom stereocenters. The third kappa shape index (κ3) is 3.61. The van der Waals surface area contributed by atoms with Crippen LogP contribution in [0.2, 0.25) is 0 Å². The largest absolute Gasteiger partial charge is 0.497 e. The van der Waals surface area contributed by atoms with Gasteiger partial charge in [-0.2, -0.15) is 0 Å². The molecular formula is C19H17N2O2+. The number of carbonyl (C=O) groups excluding carboxylic acids is 1. The van der Waals surface area contributed by atoms with E-state index in [4.69, 9.17) is 4.74 Å². The molecular weight excluding hydrogens is 288 g/mol. The van der Waals surface area contributed by atoms with E-state index in [0.717, 1.165) is 17.0 Å². The molecule has 0 aliphatic carbocycles. The fourth-order valence-electron chi connectivity index (χ4n) is 2.29. The number of carbonyl (C=O) groups is 1. The smallest absolute Gasteiger partial charge is 0.287 e. The summed E-state index contributed by atoms with van der Waals surface area (Å²) in [4.78, 5) is 16.7. The third-order valence-electron chi connectivity index (χ3n) is 3.58. The third-order valence-corrected chi connectivity index (χ3v) is 3.58. The molecule has 1 aromatic heterocycles. The maximum Gasteiger partial charge on any atom is 0.287 e. The number of nitrogens with zero attached hydrogens (tertiary/aromatic N) is 2. The number of benzene rings is 2. The molecule has 0 saturated carbocycles. The highest BCUT2D eigenvalue weighted by atomic mass is 16.5. The second-order valence-corrected chi connectivity index (χ2v) is 5.14. The van der Waals surface area contributed by atoms with Gasteiger partial charge in [0, 0.05) is 17.2 Å². The molecule has 3 rings (SSSR count). The number of aromatic nitrogens is 2. The first-order valence-corrected chi connectivity index (χ1v) is 7.34. The molecule has 4 heteroatoms. The van der Waals surface area contributed by atoms with Crippen LogP contribution in [0.25, 0.3) is 11.3 Å². The van der Waals surface area contributed by atoms with E-state index < -0.39 is 0 Å². The molecule has 0 fully saturated rings. The molecule has 0 amide bonds. The zero-order chi connectivity index (χ0) is 16.1. The number of hydrogen-bond donors (Lipinski definition) is 0. The fourth-order valence-corrected chi connectivity index (χ4v) is 2.29. The van der Waals surface area contributed by atoms with Crippen LogP contribution in [0.3, 0.4) is 0 Å². The number of methoxy groups -OCH3 is 1. The Balaban J connectivity index is 1.71. The zero-order valence-electron chi connectivity index (χ0n) is 12.8. The minimum Gasteiger partial charge on any atom is -0.497 e. The lowest BCUT2D eigenvalue weighted by atomic mass is 10.1. The lowest BCUT2D eigenvalue weighted by molar-refractivity contribution is -0.686. The maximum atomic E-state index is 12.3. The first-order chi connectivity index (χ1) is 11.3. The second kappa shape index (κ2) is 6.83. The highest BCUT2D eigenvalue weighted by Crippen LogP contribution is 2.14. The van der Waals surface area contributed by atoms with Crippen molar-refractivity contribution < 1.29 is 14.1 Å². The Morgan fingerprint density at radius 2 is 1.78 bits per heavy atom. The van der Waals surface area contributed by atoms with Crippen LogP contribution in [-0.2, 0) is 6.54 Å². The Bertz CT molecular complexity index is 782. The van der Waals surface area contributed by atoms with Gasteiger partial charge in [0.2, 0.25) is 5.78 Å². The summed E-state index contributed by atoms with van der Waals surface area (Å²) in [6.07, 6.45) is 3.56. The highest BCUT2D eigenvalue weighted by Gasteiger charge is 2.11. The standard InChI is InChI=1S/C19H17N2O2/c1-23-17-9-7-16(8-10-17)19(22)13-21-12-11-18(20-14-21)15-5-3-2-4-6-15/h2-12,14H,13H2,1H3/q+1. The van der Waals surface area contributed by atoms with Gasteiger partial charge in [-0.1, -0.05) is 30.3 Å². The SMILES string of the molecule is COc1ccc(C(=O)C[n+]2ccc(-c3ccccc3)nc2)cc1.